The second-order valence-corrected chi connectivity index (χ2v) is 6.92. The molecule has 0 spiro atoms. The highest BCUT2D eigenvalue weighted by Crippen LogP contribution is 2.37. The summed E-state index contributed by atoms with van der Waals surface area (Å²) in [5.74, 6) is 0.983. The molecule has 4 heteroatoms. The Bertz CT molecular complexity index is 484. The summed E-state index contributed by atoms with van der Waals surface area (Å²) in [6, 6.07) is 4.22. The van der Waals surface area contributed by atoms with Crippen LogP contribution >= 0.6 is 0 Å². The summed E-state index contributed by atoms with van der Waals surface area (Å²) in [6.45, 7) is 15.3. The third-order valence-electron chi connectivity index (χ3n) is 4.46. The van der Waals surface area contributed by atoms with E-state index in [9.17, 15) is 0 Å². The molecule has 1 aromatic carbocycles. The van der Waals surface area contributed by atoms with Gasteiger partial charge in [-0.1, -0.05) is 19.1 Å². The van der Waals surface area contributed by atoms with Crippen LogP contribution in [0.4, 0.5) is 0 Å². The van der Waals surface area contributed by atoms with Gasteiger partial charge in [0.15, 0.2) is 0 Å². The van der Waals surface area contributed by atoms with E-state index in [1.54, 1.807) is 0 Å². The average molecular weight is 290 g/mol. The van der Waals surface area contributed by atoms with Gasteiger partial charge < -0.3 is 14.0 Å². The van der Waals surface area contributed by atoms with Gasteiger partial charge in [0.05, 0.1) is 17.8 Å². The predicted octanol–water partition coefficient (Wildman–Crippen LogP) is 3.39. The minimum Gasteiger partial charge on any atom is -0.493 e. The lowest BCUT2D eigenvalue weighted by Crippen LogP contribution is -2.41. The standard InChI is InChI=1S/C17H27BO3/c1-8-9-19-15-12(2)10-14(11-13(15)3)18-20-16(4,5)17(6,7)21-18/h10-11H,8-9H2,1-7H3. The highest BCUT2D eigenvalue weighted by molar-refractivity contribution is 6.62. The Morgan fingerprint density at radius 1 is 1.00 bits per heavy atom. The Kier molecular flexibility index (Phi) is 4.41. The second kappa shape index (κ2) is 5.66. The first-order valence-corrected chi connectivity index (χ1v) is 7.77. The largest absolute Gasteiger partial charge is 0.494 e. The molecule has 1 aliphatic rings. The number of hydrogen-bond donors (Lipinski definition) is 0. The number of ether oxygens (including phenoxy) is 1. The van der Waals surface area contributed by atoms with Gasteiger partial charge in [0.1, 0.15) is 5.75 Å². The smallest absolute Gasteiger partial charge is 0.493 e. The maximum atomic E-state index is 6.12. The van der Waals surface area contributed by atoms with E-state index >= 15 is 0 Å². The average Bonchev–Trinajstić information content (AvgIpc) is 2.57. The summed E-state index contributed by atoms with van der Waals surface area (Å²) < 4.78 is 18.1. The molecule has 0 atom stereocenters. The lowest BCUT2D eigenvalue weighted by molar-refractivity contribution is 0.00578. The molecule has 0 unspecified atom stereocenters. The maximum Gasteiger partial charge on any atom is 0.494 e. The van der Waals surface area contributed by atoms with Crippen LogP contribution in [0.3, 0.4) is 0 Å². The van der Waals surface area contributed by atoms with Crippen LogP contribution in [0.5, 0.6) is 5.75 Å². The predicted molar refractivity (Wildman–Crippen MR) is 87.4 cm³/mol. The van der Waals surface area contributed by atoms with Crippen LogP contribution in [-0.4, -0.2) is 24.9 Å². The zero-order valence-electron chi connectivity index (χ0n) is 14.4. The first-order chi connectivity index (χ1) is 9.68. The van der Waals surface area contributed by atoms with Crippen LogP contribution in [0.15, 0.2) is 12.1 Å². The molecule has 3 nitrogen and oxygen atoms in total. The Morgan fingerprint density at radius 2 is 1.48 bits per heavy atom. The van der Waals surface area contributed by atoms with Crippen molar-refractivity contribution in [3.05, 3.63) is 23.3 Å². The third kappa shape index (κ3) is 3.11. The number of rotatable bonds is 4. The topological polar surface area (TPSA) is 27.7 Å². The molecular weight excluding hydrogens is 263 g/mol. The van der Waals surface area contributed by atoms with E-state index in [1.165, 1.54) is 0 Å². The molecule has 0 aliphatic carbocycles. The van der Waals surface area contributed by atoms with E-state index < -0.39 is 0 Å². The van der Waals surface area contributed by atoms with Crippen LogP contribution in [0, 0.1) is 13.8 Å². The van der Waals surface area contributed by atoms with Crippen molar-refractivity contribution in [3.63, 3.8) is 0 Å². The van der Waals surface area contributed by atoms with E-state index in [0.717, 1.165) is 35.4 Å². The van der Waals surface area contributed by atoms with Crippen molar-refractivity contribution in [2.45, 2.75) is 66.1 Å². The summed E-state index contributed by atoms with van der Waals surface area (Å²) in [5, 5.41) is 0. The summed E-state index contributed by atoms with van der Waals surface area (Å²) in [7, 11) is -0.312. The first kappa shape index (κ1) is 16.4. The molecule has 1 aromatic rings. The van der Waals surface area contributed by atoms with Crippen molar-refractivity contribution in [2.24, 2.45) is 0 Å². The Morgan fingerprint density at radius 3 is 1.90 bits per heavy atom. The lowest BCUT2D eigenvalue weighted by Gasteiger charge is -2.32. The highest BCUT2D eigenvalue weighted by atomic mass is 16.7. The van der Waals surface area contributed by atoms with Gasteiger partial charge in [-0.25, -0.2) is 0 Å². The fourth-order valence-corrected chi connectivity index (χ4v) is 2.53. The van der Waals surface area contributed by atoms with Gasteiger partial charge in [-0.3, -0.25) is 0 Å². The molecule has 1 aliphatic heterocycles. The van der Waals surface area contributed by atoms with Gasteiger partial charge in [0.2, 0.25) is 0 Å². The Balaban J connectivity index is 2.27. The number of aryl methyl sites for hydroxylation is 2. The van der Waals surface area contributed by atoms with E-state index in [1.807, 2.05) is 0 Å². The summed E-state index contributed by atoms with van der Waals surface area (Å²) in [4.78, 5) is 0. The van der Waals surface area contributed by atoms with Gasteiger partial charge in [0.25, 0.3) is 0 Å². The molecule has 1 heterocycles. The molecule has 1 saturated heterocycles. The molecule has 1 fully saturated rings. The number of benzene rings is 1. The first-order valence-electron chi connectivity index (χ1n) is 7.77. The summed E-state index contributed by atoms with van der Waals surface area (Å²) in [6.07, 6.45) is 1.01. The van der Waals surface area contributed by atoms with Crippen LogP contribution < -0.4 is 10.2 Å². The van der Waals surface area contributed by atoms with E-state index in [-0.39, 0.29) is 18.3 Å². The summed E-state index contributed by atoms with van der Waals surface area (Å²) >= 11 is 0. The maximum absolute atomic E-state index is 6.12. The SMILES string of the molecule is CCCOc1c(C)cc(B2OC(C)(C)C(C)(C)O2)cc1C. The molecule has 0 N–H and O–H groups in total. The number of hydrogen-bond acceptors (Lipinski definition) is 3. The van der Waals surface area contributed by atoms with Crippen molar-refractivity contribution in [3.8, 4) is 5.75 Å². The zero-order valence-corrected chi connectivity index (χ0v) is 14.4. The molecule has 2 rings (SSSR count). The quantitative estimate of drug-likeness (QED) is 0.796. The van der Waals surface area contributed by atoms with Gasteiger partial charge >= 0.3 is 7.12 Å². The van der Waals surface area contributed by atoms with E-state index in [2.05, 4.69) is 60.6 Å². The van der Waals surface area contributed by atoms with Crippen LogP contribution in [0.2, 0.25) is 0 Å². The van der Waals surface area contributed by atoms with Crippen molar-refractivity contribution < 1.29 is 14.0 Å². The fraction of sp³-hybridized carbons (Fsp3) is 0.647. The molecular formula is C17H27BO3. The minimum absolute atomic E-state index is 0.309. The van der Waals surface area contributed by atoms with Crippen molar-refractivity contribution in [2.75, 3.05) is 6.61 Å². The van der Waals surface area contributed by atoms with E-state index in [4.69, 9.17) is 14.0 Å². The highest BCUT2D eigenvalue weighted by Gasteiger charge is 2.51. The molecule has 0 amide bonds. The molecule has 0 aromatic heterocycles. The Labute approximate surface area is 129 Å². The minimum atomic E-state index is -0.312. The van der Waals surface area contributed by atoms with Crippen molar-refractivity contribution in [1.29, 1.82) is 0 Å². The molecule has 116 valence electrons. The lowest BCUT2D eigenvalue weighted by atomic mass is 9.77. The van der Waals surface area contributed by atoms with Crippen LogP contribution in [-0.2, 0) is 9.31 Å². The van der Waals surface area contributed by atoms with Crippen molar-refractivity contribution >= 4 is 12.6 Å². The van der Waals surface area contributed by atoms with Gasteiger partial charge in [-0.05, 0) is 64.6 Å². The van der Waals surface area contributed by atoms with Gasteiger partial charge in [-0.15, -0.1) is 0 Å². The van der Waals surface area contributed by atoms with Gasteiger partial charge in [-0.2, -0.15) is 0 Å². The molecule has 0 bridgehead atoms. The molecule has 0 radical (unpaired) electrons. The molecule has 21 heavy (non-hydrogen) atoms. The van der Waals surface area contributed by atoms with Crippen LogP contribution in [0.25, 0.3) is 0 Å². The fourth-order valence-electron chi connectivity index (χ4n) is 2.53. The van der Waals surface area contributed by atoms with Crippen LogP contribution in [0.1, 0.15) is 52.2 Å². The summed E-state index contributed by atoms with van der Waals surface area (Å²) in [5.41, 5.74) is 2.71. The Hall–Kier alpha value is -0.995. The second-order valence-electron chi connectivity index (χ2n) is 6.92. The monoisotopic (exact) mass is 290 g/mol. The zero-order chi connectivity index (χ0) is 15.8. The molecule has 0 saturated carbocycles. The third-order valence-corrected chi connectivity index (χ3v) is 4.46. The normalized spacial score (nSPS) is 19.9. The van der Waals surface area contributed by atoms with Crippen molar-refractivity contribution in [1.82, 2.24) is 0 Å². The van der Waals surface area contributed by atoms with Gasteiger partial charge in [0, 0.05) is 0 Å². The van der Waals surface area contributed by atoms with E-state index in [0.29, 0.717) is 0 Å².